The zero-order valence-corrected chi connectivity index (χ0v) is 10.3. The summed E-state index contributed by atoms with van der Waals surface area (Å²) in [6, 6.07) is -0.702. The lowest BCUT2D eigenvalue weighted by molar-refractivity contribution is -0.143. The van der Waals surface area contributed by atoms with Crippen LogP contribution in [0.4, 0.5) is 0 Å². The van der Waals surface area contributed by atoms with Crippen LogP contribution in [0.15, 0.2) is 0 Å². The molecule has 2 N–H and O–H groups in total. The summed E-state index contributed by atoms with van der Waals surface area (Å²) < 4.78 is 0. The van der Waals surface area contributed by atoms with E-state index in [1.807, 2.05) is 6.92 Å². The fourth-order valence-corrected chi connectivity index (χ4v) is 3.39. The number of carboxylic acids is 1. The minimum absolute atomic E-state index is 0.0296. The van der Waals surface area contributed by atoms with Gasteiger partial charge in [0.2, 0.25) is 5.91 Å². The van der Waals surface area contributed by atoms with Crippen LogP contribution in [-0.2, 0) is 9.59 Å². The molecule has 2 rings (SSSR count). The summed E-state index contributed by atoms with van der Waals surface area (Å²) in [5, 5.41) is 11.7. The van der Waals surface area contributed by atoms with Gasteiger partial charge in [-0.2, -0.15) is 0 Å². The van der Waals surface area contributed by atoms with Gasteiger partial charge in [-0.15, -0.1) is 0 Å². The number of hydrogen-bond acceptors (Lipinski definition) is 2. The van der Waals surface area contributed by atoms with E-state index in [0.29, 0.717) is 18.3 Å². The van der Waals surface area contributed by atoms with Crippen molar-refractivity contribution in [2.45, 2.75) is 51.5 Å². The molecule has 2 aliphatic carbocycles. The molecule has 2 aliphatic rings. The van der Waals surface area contributed by atoms with Crippen molar-refractivity contribution in [3.63, 3.8) is 0 Å². The van der Waals surface area contributed by atoms with Crippen molar-refractivity contribution in [2.75, 3.05) is 0 Å². The molecule has 3 unspecified atom stereocenters. The molecule has 4 heteroatoms. The highest BCUT2D eigenvalue weighted by atomic mass is 16.4. The highest BCUT2D eigenvalue weighted by Crippen LogP contribution is 2.48. The fourth-order valence-electron chi connectivity index (χ4n) is 3.39. The molecular formula is C13H21NO3. The molecule has 0 aliphatic heterocycles. The number of fused-ring (bicyclic) bond motifs is 2. The predicted octanol–water partition coefficient (Wildman–Crippen LogP) is 1.79. The first kappa shape index (κ1) is 12.4. The second kappa shape index (κ2) is 5.07. The first-order chi connectivity index (χ1) is 8.11. The van der Waals surface area contributed by atoms with Crippen LogP contribution in [0.3, 0.4) is 0 Å². The lowest BCUT2D eigenvalue weighted by atomic mass is 9.88. The Labute approximate surface area is 102 Å². The molecule has 0 aromatic carbocycles. The summed E-state index contributed by atoms with van der Waals surface area (Å²) in [6.07, 6.45) is 5.83. The van der Waals surface area contributed by atoms with Crippen molar-refractivity contribution in [2.24, 2.45) is 17.8 Å². The van der Waals surface area contributed by atoms with Crippen LogP contribution in [0, 0.1) is 17.8 Å². The fraction of sp³-hybridized carbons (Fsp3) is 0.846. The molecule has 4 atom stereocenters. The Balaban J connectivity index is 1.89. The number of aliphatic carboxylic acids is 1. The Morgan fingerprint density at radius 2 is 2.12 bits per heavy atom. The number of hydrogen-bond donors (Lipinski definition) is 2. The van der Waals surface area contributed by atoms with Crippen molar-refractivity contribution in [3.8, 4) is 0 Å². The zero-order valence-electron chi connectivity index (χ0n) is 10.3. The van der Waals surface area contributed by atoms with E-state index in [4.69, 9.17) is 5.11 Å². The SMILES string of the molecule is CCC[C@@H](NC(=O)C1CC2CCC1C2)C(=O)O. The monoisotopic (exact) mass is 239 g/mol. The normalized spacial score (nSPS) is 32.4. The summed E-state index contributed by atoms with van der Waals surface area (Å²) in [4.78, 5) is 23.0. The van der Waals surface area contributed by atoms with E-state index in [-0.39, 0.29) is 11.8 Å². The lowest BCUT2D eigenvalue weighted by Crippen LogP contribution is -2.44. The molecule has 0 spiro atoms. The first-order valence-corrected chi connectivity index (χ1v) is 6.65. The third kappa shape index (κ3) is 2.61. The van der Waals surface area contributed by atoms with Gasteiger partial charge in [-0.25, -0.2) is 4.79 Å². The van der Waals surface area contributed by atoms with Crippen LogP contribution in [-0.4, -0.2) is 23.0 Å². The molecule has 0 radical (unpaired) electrons. The quantitative estimate of drug-likeness (QED) is 0.768. The summed E-state index contributed by atoms with van der Waals surface area (Å²) in [5.41, 5.74) is 0. The lowest BCUT2D eigenvalue weighted by Gasteiger charge is -2.23. The van der Waals surface area contributed by atoms with Gasteiger partial charge in [-0.05, 0) is 37.5 Å². The van der Waals surface area contributed by atoms with Crippen LogP contribution < -0.4 is 5.32 Å². The summed E-state index contributed by atoms with van der Waals surface area (Å²) in [5.74, 6) is 0.357. The number of carbonyl (C=O) groups excluding carboxylic acids is 1. The molecule has 2 fully saturated rings. The number of rotatable bonds is 5. The number of carbonyl (C=O) groups is 2. The first-order valence-electron chi connectivity index (χ1n) is 6.65. The molecule has 0 saturated heterocycles. The summed E-state index contributed by atoms with van der Waals surface area (Å²) in [7, 11) is 0. The summed E-state index contributed by atoms with van der Waals surface area (Å²) in [6.45, 7) is 1.93. The van der Waals surface area contributed by atoms with Gasteiger partial charge >= 0.3 is 5.97 Å². The number of carboxylic acid groups (broad SMARTS) is 1. The zero-order chi connectivity index (χ0) is 12.4. The summed E-state index contributed by atoms with van der Waals surface area (Å²) >= 11 is 0. The van der Waals surface area contributed by atoms with Crippen LogP contribution in [0.25, 0.3) is 0 Å². The Bertz CT molecular complexity index is 316. The third-order valence-electron chi connectivity index (χ3n) is 4.27. The molecule has 96 valence electrons. The van der Waals surface area contributed by atoms with E-state index >= 15 is 0 Å². The molecule has 0 heterocycles. The van der Waals surface area contributed by atoms with Gasteiger partial charge in [-0.1, -0.05) is 19.8 Å². The maximum atomic E-state index is 12.1. The molecule has 4 nitrogen and oxygen atoms in total. The van der Waals surface area contributed by atoms with Crippen LogP contribution in [0.1, 0.15) is 45.4 Å². The predicted molar refractivity (Wildman–Crippen MR) is 63.4 cm³/mol. The van der Waals surface area contributed by atoms with E-state index < -0.39 is 12.0 Å². The van der Waals surface area contributed by atoms with E-state index in [9.17, 15) is 9.59 Å². The topological polar surface area (TPSA) is 66.4 Å². The van der Waals surface area contributed by atoms with Gasteiger partial charge in [-0.3, -0.25) is 4.79 Å². The van der Waals surface area contributed by atoms with Crippen LogP contribution >= 0.6 is 0 Å². The largest absolute Gasteiger partial charge is 0.480 e. The minimum Gasteiger partial charge on any atom is -0.480 e. The molecule has 2 bridgehead atoms. The third-order valence-corrected chi connectivity index (χ3v) is 4.27. The van der Waals surface area contributed by atoms with Crippen LogP contribution in [0.2, 0.25) is 0 Å². The highest BCUT2D eigenvalue weighted by molar-refractivity contribution is 5.85. The Morgan fingerprint density at radius 3 is 2.59 bits per heavy atom. The van der Waals surface area contributed by atoms with Gasteiger partial charge in [0.15, 0.2) is 0 Å². The minimum atomic E-state index is -0.914. The number of nitrogens with one attached hydrogen (secondary N) is 1. The van der Waals surface area contributed by atoms with E-state index in [0.717, 1.165) is 19.3 Å². The van der Waals surface area contributed by atoms with Gasteiger partial charge < -0.3 is 10.4 Å². The maximum absolute atomic E-state index is 12.1. The molecule has 0 aromatic rings. The molecule has 1 amide bonds. The van der Waals surface area contributed by atoms with Gasteiger partial charge in [0.05, 0.1) is 0 Å². The van der Waals surface area contributed by atoms with E-state index in [1.165, 1.54) is 12.8 Å². The molecule has 17 heavy (non-hydrogen) atoms. The van der Waals surface area contributed by atoms with Crippen molar-refractivity contribution >= 4 is 11.9 Å². The van der Waals surface area contributed by atoms with Crippen LogP contribution in [0.5, 0.6) is 0 Å². The Kier molecular flexibility index (Phi) is 3.69. The van der Waals surface area contributed by atoms with Crippen molar-refractivity contribution in [1.82, 2.24) is 5.32 Å². The number of amides is 1. The van der Waals surface area contributed by atoms with Gasteiger partial charge in [0.1, 0.15) is 6.04 Å². The van der Waals surface area contributed by atoms with Crippen molar-refractivity contribution < 1.29 is 14.7 Å². The maximum Gasteiger partial charge on any atom is 0.326 e. The average Bonchev–Trinajstić information content (AvgIpc) is 2.89. The average molecular weight is 239 g/mol. The van der Waals surface area contributed by atoms with E-state index in [1.54, 1.807) is 0 Å². The standard InChI is InChI=1S/C13H21NO3/c1-2-3-11(13(16)17)14-12(15)10-7-8-4-5-9(10)6-8/h8-11H,2-7H2,1H3,(H,14,15)(H,16,17)/t8?,9?,10?,11-/m1/s1. The van der Waals surface area contributed by atoms with Crippen molar-refractivity contribution in [3.05, 3.63) is 0 Å². The van der Waals surface area contributed by atoms with Gasteiger partial charge in [0, 0.05) is 5.92 Å². The van der Waals surface area contributed by atoms with Crippen molar-refractivity contribution in [1.29, 1.82) is 0 Å². The molecule has 2 saturated carbocycles. The smallest absolute Gasteiger partial charge is 0.326 e. The Hall–Kier alpha value is -1.06. The molecule has 0 aromatic heterocycles. The van der Waals surface area contributed by atoms with E-state index in [2.05, 4.69) is 5.32 Å². The second-order valence-corrected chi connectivity index (χ2v) is 5.47. The second-order valence-electron chi connectivity index (χ2n) is 5.47. The highest BCUT2D eigenvalue weighted by Gasteiger charge is 2.43. The van der Waals surface area contributed by atoms with Gasteiger partial charge in [0.25, 0.3) is 0 Å². The Morgan fingerprint density at radius 1 is 1.35 bits per heavy atom. The molecular weight excluding hydrogens is 218 g/mol.